The molecule has 0 unspecified atom stereocenters. The van der Waals surface area contributed by atoms with Gasteiger partial charge in [-0.3, -0.25) is 9.69 Å². The lowest BCUT2D eigenvalue weighted by atomic mass is 10.1. The fourth-order valence-electron chi connectivity index (χ4n) is 3.18. The summed E-state index contributed by atoms with van der Waals surface area (Å²) < 4.78 is 10.9. The largest absolute Gasteiger partial charge is 0.457 e. The van der Waals surface area contributed by atoms with Gasteiger partial charge in [0.15, 0.2) is 0 Å². The number of hydrogen-bond acceptors (Lipinski definition) is 4. The van der Waals surface area contributed by atoms with Crippen molar-refractivity contribution in [3.63, 3.8) is 0 Å². The predicted octanol–water partition coefficient (Wildman–Crippen LogP) is 4.67. The number of aryl methyl sites for hydroxylation is 1. The Labute approximate surface area is 175 Å². The van der Waals surface area contributed by atoms with Crippen molar-refractivity contribution in [2.24, 2.45) is 0 Å². The minimum absolute atomic E-state index is 0.198. The summed E-state index contributed by atoms with van der Waals surface area (Å²) in [6, 6.07) is 22.3. The molecule has 0 spiro atoms. The molecule has 30 heavy (non-hydrogen) atoms. The average Bonchev–Trinajstić information content (AvgIpc) is 3.20. The van der Waals surface area contributed by atoms with Crippen LogP contribution in [-0.4, -0.2) is 25.2 Å². The number of nitrogens with zero attached hydrogens (tertiary/aromatic N) is 1. The third kappa shape index (κ3) is 4.43. The Morgan fingerprint density at radius 2 is 1.77 bits per heavy atom. The van der Waals surface area contributed by atoms with Crippen molar-refractivity contribution in [2.45, 2.75) is 13.5 Å². The number of hydrogen-bond donors (Lipinski definition) is 1. The molecule has 1 saturated heterocycles. The summed E-state index contributed by atoms with van der Waals surface area (Å²) in [5.41, 5.74) is 3.27. The van der Waals surface area contributed by atoms with Crippen LogP contribution < -0.4 is 15.0 Å². The van der Waals surface area contributed by atoms with Crippen molar-refractivity contribution >= 4 is 17.7 Å². The number of para-hydroxylation sites is 1. The second-order valence-corrected chi connectivity index (χ2v) is 7.02. The Bertz CT molecular complexity index is 1050. The van der Waals surface area contributed by atoms with Gasteiger partial charge in [-0.05, 0) is 49.4 Å². The maximum atomic E-state index is 12.6. The zero-order valence-electron chi connectivity index (χ0n) is 16.6. The summed E-state index contributed by atoms with van der Waals surface area (Å²) in [6.45, 7) is 3.25. The summed E-state index contributed by atoms with van der Waals surface area (Å²) in [4.78, 5) is 25.8. The van der Waals surface area contributed by atoms with Crippen molar-refractivity contribution in [1.29, 1.82) is 0 Å². The third-order valence-corrected chi connectivity index (χ3v) is 4.86. The topological polar surface area (TPSA) is 67.9 Å². The Morgan fingerprint density at radius 1 is 1.03 bits per heavy atom. The van der Waals surface area contributed by atoms with Crippen LogP contribution in [0.1, 0.15) is 21.5 Å². The van der Waals surface area contributed by atoms with Gasteiger partial charge in [0.1, 0.15) is 18.1 Å². The first-order valence-electron chi connectivity index (χ1n) is 9.75. The molecule has 0 atom stereocenters. The van der Waals surface area contributed by atoms with Gasteiger partial charge >= 0.3 is 6.09 Å². The minimum atomic E-state index is -0.364. The fourth-order valence-corrected chi connectivity index (χ4v) is 3.18. The van der Waals surface area contributed by atoms with Gasteiger partial charge in [0.05, 0.1) is 6.54 Å². The van der Waals surface area contributed by atoms with E-state index in [4.69, 9.17) is 9.47 Å². The molecule has 4 rings (SSSR count). The van der Waals surface area contributed by atoms with E-state index < -0.39 is 0 Å². The van der Waals surface area contributed by atoms with Crippen molar-refractivity contribution in [3.05, 3.63) is 89.5 Å². The average molecular weight is 402 g/mol. The molecular weight excluding hydrogens is 380 g/mol. The van der Waals surface area contributed by atoms with Crippen LogP contribution in [0.2, 0.25) is 0 Å². The lowest BCUT2D eigenvalue weighted by Gasteiger charge is -2.14. The van der Waals surface area contributed by atoms with E-state index in [-0.39, 0.29) is 12.0 Å². The van der Waals surface area contributed by atoms with Crippen molar-refractivity contribution < 1.29 is 19.1 Å². The minimum Gasteiger partial charge on any atom is -0.457 e. The van der Waals surface area contributed by atoms with E-state index in [1.165, 1.54) is 0 Å². The van der Waals surface area contributed by atoms with E-state index in [1.807, 2.05) is 55.5 Å². The highest BCUT2D eigenvalue weighted by molar-refractivity contribution is 5.95. The number of ether oxygens (including phenoxy) is 2. The van der Waals surface area contributed by atoms with Gasteiger partial charge in [-0.15, -0.1) is 0 Å². The lowest BCUT2D eigenvalue weighted by molar-refractivity contribution is 0.0950. The monoisotopic (exact) mass is 402 g/mol. The number of carbonyl (C=O) groups excluding carboxylic acids is 2. The van der Waals surface area contributed by atoms with E-state index in [9.17, 15) is 9.59 Å². The molecule has 0 radical (unpaired) electrons. The van der Waals surface area contributed by atoms with Crippen LogP contribution in [0.3, 0.4) is 0 Å². The van der Waals surface area contributed by atoms with E-state index in [2.05, 4.69) is 5.32 Å². The highest BCUT2D eigenvalue weighted by Crippen LogP contribution is 2.25. The maximum absolute atomic E-state index is 12.6. The SMILES string of the molecule is Cc1ccc(Oc2ccccc2CNC(=O)c2ccc(N3CCOC3=O)cc2)cc1. The van der Waals surface area contributed by atoms with Crippen LogP contribution in [-0.2, 0) is 11.3 Å². The van der Waals surface area contributed by atoms with Crippen molar-refractivity contribution in [3.8, 4) is 11.5 Å². The van der Waals surface area contributed by atoms with Gasteiger partial charge in [0.2, 0.25) is 0 Å². The van der Waals surface area contributed by atoms with Crippen LogP contribution in [0.4, 0.5) is 10.5 Å². The number of cyclic esters (lactones) is 1. The molecule has 0 bridgehead atoms. The summed E-state index contributed by atoms with van der Waals surface area (Å²) in [5, 5.41) is 2.92. The zero-order chi connectivity index (χ0) is 20.9. The predicted molar refractivity (Wildman–Crippen MR) is 114 cm³/mol. The van der Waals surface area contributed by atoms with E-state index >= 15 is 0 Å². The molecule has 152 valence electrons. The smallest absolute Gasteiger partial charge is 0.414 e. The molecule has 2 amide bonds. The van der Waals surface area contributed by atoms with Crippen molar-refractivity contribution in [1.82, 2.24) is 5.32 Å². The Kier molecular flexibility index (Phi) is 5.66. The summed E-state index contributed by atoms with van der Waals surface area (Å²) in [5.74, 6) is 1.25. The standard InChI is InChI=1S/C24H22N2O4/c1-17-6-12-21(13-7-17)30-22-5-3-2-4-19(22)16-25-23(27)18-8-10-20(11-9-18)26-14-15-29-24(26)28/h2-13H,14-16H2,1H3,(H,25,27). The molecule has 3 aromatic rings. The Hall–Kier alpha value is -3.80. The van der Waals surface area contributed by atoms with Crippen LogP contribution in [0.15, 0.2) is 72.8 Å². The fraction of sp³-hybridized carbons (Fsp3) is 0.167. The Balaban J connectivity index is 1.40. The molecule has 1 heterocycles. The highest BCUT2D eigenvalue weighted by Gasteiger charge is 2.23. The second kappa shape index (κ2) is 8.69. The summed E-state index contributed by atoms with van der Waals surface area (Å²) in [6.07, 6.45) is -0.364. The number of carbonyl (C=O) groups is 2. The summed E-state index contributed by atoms with van der Waals surface area (Å²) >= 11 is 0. The molecule has 1 fully saturated rings. The van der Waals surface area contributed by atoms with Gasteiger partial charge in [0.25, 0.3) is 5.91 Å². The lowest BCUT2D eigenvalue weighted by Crippen LogP contribution is -2.24. The van der Waals surface area contributed by atoms with Gasteiger partial charge in [-0.1, -0.05) is 35.9 Å². The molecule has 0 saturated carbocycles. The normalized spacial score (nSPS) is 13.1. The number of rotatable bonds is 6. The quantitative estimate of drug-likeness (QED) is 0.650. The van der Waals surface area contributed by atoms with Crippen LogP contribution in [0.5, 0.6) is 11.5 Å². The van der Waals surface area contributed by atoms with Gasteiger partial charge < -0.3 is 14.8 Å². The van der Waals surface area contributed by atoms with Crippen LogP contribution in [0.25, 0.3) is 0 Å². The number of amides is 2. The molecule has 0 aromatic heterocycles. The zero-order valence-corrected chi connectivity index (χ0v) is 16.6. The number of benzene rings is 3. The molecule has 3 aromatic carbocycles. The first kappa shape index (κ1) is 19.5. The van der Waals surface area contributed by atoms with Gasteiger partial charge in [0, 0.05) is 23.4 Å². The first-order chi connectivity index (χ1) is 14.6. The molecular formula is C24H22N2O4. The van der Waals surface area contributed by atoms with Gasteiger partial charge in [-0.2, -0.15) is 0 Å². The molecule has 1 N–H and O–H groups in total. The highest BCUT2D eigenvalue weighted by atomic mass is 16.6. The summed E-state index contributed by atoms with van der Waals surface area (Å²) in [7, 11) is 0. The molecule has 0 aliphatic carbocycles. The van der Waals surface area contributed by atoms with Crippen molar-refractivity contribution in [2.75, 3.05) is 18.1 Å². The molecule has 1 aliphatic rings. The first-order valence-corrected chi connectivity index (χ1v) is 9.75. The maximum Gasteiger partial charge on any atom is 0.414 e. The molecule has 6 heteroatoms. The third-order valence-electron chi connectivity index (χ3n) is 4.86. The van der Waals surface area contributed by atoms with Gasteiger partial charge in [-0.25, -0.2) is 4.79 Å². The number of anilines is 1. The van der Waals surface area contributed by atoms with E-state index in [0.29, 0.717) is 36.7 Å². The molecule has 1 aliphatic heterocycles. The number of nitrogens with one attached hydrogen (secondary N) is 1. The van der Waals surface area contributed by atoms with E-state index in [1.54, 1.807) is 29.2 Å². The van der Waals surface area contributed by atoms with Crippen LogP contribution >= 0.6 is 0 Å². The Morgan fingerprint density at radius 3 is 2.47 bits per heavy atom. The second-order valence-electron chi connectivity index (χ2n) is 7.02. The van der Waals surface area contributed by atoms with E-state index in [0.717, 1.165) is 16.9 Å². The van der Waals surface area contributed by atoms with Crippen LogP contribution in [0, 0.1) is 6.92 Å². The molecule has 6 nitrogen and oxygen atoms in total.